The molecule has 1 fully saturated rings. The molecule has 1 aromatic heterocycles. The van der Waals surface area contributed by atoms with Gasteiger partial charge in [0, 0.05) is 13.0 Å². The summed E-state index contributed by atoms with van der Waals surface area (Å²) in [5, 5.41) is -0.0465. The fourth-order valence-corrected chi connectivity index (χ4v) is 2.01. The maximum atomic E-state index is 11.6. The van der Waals surface area contributed by atoms with Crippen molar-refractivity contribution in [3.63, 3.8) is 0 Å². The van der Waals surface area contributed by atoms with Gasteiger partial charge in [0.25, 0.3) is 0 Å². The minimum absolute atomic E-state index is 0.113. The molecule has 1 amide bonds. The summed E-state index contributed by atoms with van der Waals surface area (Å²) in [5.41, 5.74) is 5.99. The monoisotopic (exact) mass is 246 g/mol. The van der Waals surface area contributed by atoms with E-state index in [0.29, 0.717) is 12.2 Å². The highest BCUT2D eigenvalue weighted by molar-refractivity contribution is 6.33. The SMILES string of the molecule is Nc1ncnc(Cl)c1N1CC(Cl)CC1=O. The number of carbonyl (C=O) groups is 1. The lowest BCUT2D eigenvalue weighted by molar-refractivity contribution is -0.117. The van der Waals surface area contributed by atoms with Crippen molar-refractivity contribution >= 4 is 40.6 Å². The van der Waals surface area contributed by atoms with E-state index in [9.17, 15) is 4.79 Å². The molecule has 1 unspecified atom stereocenters. The highest BCUT2D eigenvalue weighted by atomic mass is 35.5. The van der Waals surface area contributed by atoms with Crippen molar-refractivity contribution in [1.29, 1.82) is 0 Å². The molecule has 2 N–H and O–H groups in total. The second-order valence-corrected chi connectivity index (χ2v) is 4.18. The molecule has 15 heavy (non-hydrogen) atoms. The molecule has 80 valence electrons. The van der Waals surface area contributed by atoms with Crippen LogP contribution in [0.15, 0.2) is 6.33 Å². The number of halogens is 2. The van der Waals surface area contributed by atoms with E-state index in [0.717, 1.165) is 0 Å². The van der Waals surface area contributed by atoms with Gasteiger partial charge in [0.1, 0.15) is 12.0 Å². The van der Waals surface area contributed by atoms with E-state index in [4.69, 9.17) is 28.9 Å². The number of amides is 1. The largest absolute Gasteiger partial charge is 0.382 e. The van der Waals surface area contributed by atoms with E-state index in [2.05, 4.69) is 9.97 Å². The number of alkyl halides is 1. The first-order valence-electron chi connectivity index (χ1n) is 4.30. The molecular weight excluding hydrogens is 239 g/mol. The van der Waals surface area contributed by atoms with Crippen molar-refractivity contribution in [3.05, 3.63) is 11.5 Å². The van der Waals surface area contributed by atoms with Crippen molar-refractivity contribution in [2.24, 2.45) is 0 Å². The Morgan fingerprint density at radius 2 is 2.27 bits per heavy atom. The fraction of sp³-hybridized carbons (Fsp3) is 0.375. The number of rotatable bonds is 1. The summed E-state index contributed by atoms with van der Waals surface area (Å²) in [5.74, 6) is 0.0764. The van der Waals surface area contributed by atoms with Crippen LogP contribution in [0.5, 0.6) is 0 Å². The van der Waals surface area contributed by atoms with Crippen LogP contribution < -0.4 is 10.6 Å². The first-order chi connectivity index (χ1) is 7.09. The third-order valence-corrected chi connectivity index (χ3v) is 2.72. The van der Waals surface area contributed by atoms with Crippen LogP contribution in [0, 0.1) is 0 Å². The Morgan fingerprint density at radius 3 is 2.80 bits per heavy atom. The summed E-state index contributed by atoms with van der Waals surface area (Å²) in [7, 11) is 0. The molecule has 0 spiro atoms. The molecule has 0 bridgehead atoms. The number of hydrogen-bond acceptors (Lipinski definition) is 4. The number of nitrogens with zero attached hydrogens (tertiary/aromatic N) is 3. The van der Waals surface area contributed by atoms with Crippen LogP contribution in [0.3, 0.4) is 0 Å². The molecule has 1 aliphatic heterocycles. The molecule has 7 heteroatoms. The van der Waals surface area contributed by atoms with Gasteiger partial charge in [-0.3, -0.25) is 4.79 Å². The third-order valence-electron chi connectivity index (χ3n) is 2.15. The van der Waals surface area contributed by atoms with Crippen molar-refractivity contribution in [2.75, 3.05) is 17.2 Å². The van der Waals surface area contributed by atoms with Crippen molar-refractivity contribution in [1.82, 2.24) is 9.97 Å². The molecule has 1 saturated heterocycles. The second kappa shape index (κ2) is 3.83. The van der Waals surface area contributed by atoms with E-state index in [-0.39, 0.29) is 28.7 Å². The zero-order valence-corrected chi connectivity index (χ0v) is 9.16. The summed E-state index contributed by atoms with van der Waals surface area (Å²) < 4.78 is 0. The Labute approximate surface area is 96.2 Å². The van der Waals surface area contributed by atoms with Gasteiger partial charge in [-0.25, -0.2) is 9.97 Å². The molecule has 5 nitrogen and oxygen atoms in total. The Kier molecular flexibility index (Phi) is 2.67. The van der Waals surface area contributed by atoms with E-state index in [1.54, 1.807) is 0 Å². The van der Waals surface area contributed by atoms with E-state index >= 15 is 0 Å². The molecule has 1 atom stereocenters. The minimum atomic E-state index is -0.215. The van der Waals surface area contributed by atoms with E-state index in [1.165, 1.54) is 11.2 Å². The first-order valence-corrected chi connectivity index (χ1v) is 5.11. The zero-order chi connectivity index (χ0) is 11.0. The summed E-state index contributed by atoms with van der Waals surface area (Å²) in [4.78, 5) is 20.6. The van der Waals surface area contributed by atoms with Gasteiger partial charge in [-0.15, -0.1) is 11.6 Å². The average molecular weight is 247 g/mol. The van der Waals surface area contributed by atoms with Gasteiger partial charge in [-0.2, -0.15) is 0 Å². The van der Waals surface area contributed by atoms with Crippen molar-refractivity contribution < 1.29 is 4.79 Å². The molecule has 0 saturated carbocycles. The van der Waals surface area contributed by atoms with Gasteiger partial charge in [0.2, 0.25) is 5.91 Å². The number of aromatic nitrogens is 2. The van der Waals surface area contributed by atoms with E-state index in [1.807, 2.05) is 0 Å². The normalized spacial score (nSPS) is 21.1. The molecule has 1 aromatic rings. The van der Waals surface area contributed by atoms with Crippen LogP contribution in [0.2, 0.25) is 5.15 Å². The van der Waals surface area contributed by atoms with Gasteiger partial charge in [-0.05, 0) is 0 Å². The predicted octanol–water partition coefficient (Wildman–Crippen LogP) is 1.06. The lowest BCUT2D eigenvalue weighted by atomic mass is 10.4. The molecular formula is C8H8Cl2N4O. The van der Waals surface area contributed by atoms with Crippen LogP contribution in [0.4, 0.5) is 11.5 Å². The number of hydrogen-bond donors (Lipinski definition) is 1. The Balaban J connectivity index is 2.41. The third kappa shape index (κ3) is 1.85. The standard InChI is InChI=1S/C8H8Cl2N4O/c9-4-1-5(15)14(2-4)6-7(10)12-3-13-8(6)11/h3-4H,1-2H2,(H2,11,12,13). The predicted molar refractivity (Wildman–Crippen MR) is 58.1 cm³/mol. The van der Waals surface area contributed by atoms with Gasteiger partial charge in [-0.1, -0.05) is 11.6 Å². The second-order valence-electron chi connectivity index (χ2n) is 3.20. The summed E-state index contributed by atoms with van der Waals surface area (Å²) in [6.07, 6.45) is 1.53. The molecule has 2 rings (SSSR count). The molecule has 0 aliphatic carbocycles. The maximum absolute atomic E-state index is 11.6. The van der Waals surface area contributed by atoms with Gasteiger partial charge < -0.3 is 10.6 Å². The molecule has 0 aromatic carbocycles. The first kappa shape index (κ1) is 10.4. The number of nitrogens with two attached hydrogens (primary N) is 1. The summed E-state index contributed by atoms with van der Waals surface area (Å²) in [6.45, 7) is 0.387. The van der Waals surface area contributed by atoms with Gasteiger partial charge in [0.05, 0.1) is 5.38 Å². The van der Waals surface area contributed by atoms with Crippen LogP contribution in [-0.4, -0.2) is 27.8 Å². The van der Waals surface area contributed by atoms with Crippen LogP contribution in [0.25, 0.3) is 0 Å². The zero-order valence-electron chi connectivity index (χ0n) is 7.65. The van der Waals surface area contributed by atoms with Gasteiger partial charge in [0.15, 0.2) is 11.0 Å². The van der Waals surface area contributed by atoms with Gasteiger partial charge >= 0.3 is 0 Å². The van der Waals surface area contributed by atoms with Crippen LogP contribution in [0.1, 0.15) is 6.42 Å². The topological polar surface area (TPSA) is 72.1 Å². The smallest absolute Gasteiger partial charge is 0.228 e. The average Bonchev–Trinajstić information content (AvgIpc) is 2.45. The number of anilines is 2. The summed E-state index contributed by atoms with van der Waals surface area (Å²) >= 11 is 11.7. The molecule has 1 aliphatic rings. The van der Waals surface area contributed by atoms with Crippen molar-refractivity contribution in [2.45, 2.75) is 11.8 Å². The van der Waals surface area contributed by atoms with Crippen LogP contribution >= 0.6 is 23.2 Å². The quantitative estimate of drug-likeness (QED) is 0.594. The fourth-order valence-electron chi connectivity index (χ4n) is 1.50. The number of nitrogen functional groups attached to an aromatic ring is 1. The Morgan fingerprint density at radius 1 is 1.53 bits per heavy atom. The lowest BCUT2D eigenvalue weighted by Gasteiger charge is -2.17. The van der Waals surface area contributed by atoms with Crippen LogP contribution in [-0.2, 0) is 4.79 Å². The molecule has 2 heterocycles. The van der Waals surface area contributed by atoms with E-state index < -0.39 is 0 Å². The Hall–Kier alpha value is -1.07. The minimum Gasteiger partial charge on any atom is -0.382 e. The Bertz CT molecular complexity index is 391. The van der Waals surface area contributed by atoms with Crippen molar-refractivity contribution in [3.8, 4) is 0 Å². The number of carbonyl (C=O) groups excluding carboxylic acids is 1. The lowest BCUT2D eigenvalue weighted by Crippen LogP contribution is -2.26. The highest BCUT2D eigenvalue weighted by Gasteiger charge is 2.32. The maximum Gasteiger partial charge on any atom is 0.228 e. The summed E-state index contributed by atoms with van der Waals surface area (Å²) in [6, 6.07) is 0. The highest BCUT2D eigenvalue weighted by Crippen LogP contribution is 2.32. The molecule has 0 radical (unpaired) electrons.